The van der Waals surface area contributed by atoms with Crippen molar-refractivity contribution in [2.45, 2.75) is 32.5 Å². The zero-order valence-electron chi connectivity index (χ0n) is 13.0. The van der Waals surface area contributed by atoms with E-state index >= 15 is 0 Å². The molecule has 2 atom stereocenters. The highest BCUT2D eigenvalue weighted by Crippen LogP contribution is 2.19. The molecule has 3 rings (SSSR count). The summed E-state index contributed by atoms with van der Waals surface area (Å²) in [6, 6.07) is 5.45. The first-order valence-corrected chi connectivity index (χ1v) is 7.75. The average Bonchev–Trinajstić information content (AvgIpc) is 2.94. The van der Waals surface area contributed by atoms with E-state index in [-0.39, 0.29) is 17.4 Å². The first-order chi connectivity index (χ1) is 10.5. The van der Waals surface area contributed by atoms with Gasteiger partial charge in [-0.05, 0) is 32.0 Å². The molecule has 0 amide bonds. The number of benzene rings is 1. The first-order valence-electron chi connectivity index (χ1n) is 7.37. The molecule has 126 valence electrons. The second-order valence-corrected chi connectivity index (χ2v) is 6.25. The van der Waals surface area contributed by atoms with Crippen LogP contribution in [0.1, 0.15) is 19.5 Å². The molecule has 1 saturated heterocycles. The van der Waals surface area contributed by atoms with Gasteiger partial charge >= 0.3 is 0 Å². The van der Waals surface area contributed by atoms with E-state index in [1.807, 2.05) is 6.20 Å². The van der Waals surface area contributed by atoms with Crippen LogP contribution in [0, 0.1) is 5.82 Å². The zero-order chi connectivity index (χ0) is 15.7. The van der Waals surface area contributed by atoms with Gasteiger partial charge in [-0.15, -0.1) is 17.5 Å². The van der Waals surface area contributed by atoms with E-state index in [1.54, 1.807) is 16.8 Å². The van der Waals surface area contributed by atoms with Crippen LogP contribution in [0.3, 0.4) is 0 Å². The molecule has 0 spiro atoms. The van der Waals surface area contributed by atoms with Gasteiger partial charge in [-0.2, -0.15) is 0 Å². The van der Waals surface area contributed by atoms with Gasteiger partial charge in [0, 0.05) is 31.7 Å². The highest BCUT2D eigenvalue weighted by Gasteiger charge is 2.23. The summed E-state index contributed by atoms with van der Waals surface area (Å²) in [6.07, 6.45) is 1.86. The van der Waals surface area contributed by atoms with Crippen molar-refractivity contribution < 1.29 is 4.39 Å². The molecule has 1 aromatic heterocycles. The predicted octanol–water partition coefficient (Wildman–Crippen LogP) is 2.66. The SMILES string of the molecule is CC1CN(Cc2cn(-c3ccc(F)c(Cl)c3)nn2)C(C)CN1.Cl. The van der Waals surface area contributed by atoms with Crippen LogP contribution in [0.5, 0.6) is 0 Å². The Labute approximate surface area is 146 Å². The molecule has 1 aliphatic heterocycles. The fraction of sp³-hybridized carbons (Fsp3) is 0.467. The summed E-state index contributed by atoms with van der Waals surface area (Å²) >= 11 is 5.81. The fourth-order valence-corrected chi connectivity index (χ4v) is 2.82. The van der Waals surface area contributed by atoms with Gasteiger partial charge < -0.3 is 5.32 Å². The number of nitrogens with one attached hydrogen (secondary N) is 1. The Balaban J connectivity index is 0.00000192. The molecular weight excluding hydrogens is 340 g/mol. The number of hydrogen-bond acceptors (Lipinski definition) is 4. The van der Waals surface area contributed by atoms with Gasteiger partial charge in [0.05, 0.1) is 22.6 Å². The van der Waals surface area contributed by atoms with Gasteiger partial charge in [0.2, 0.25) is 0 Å². The smallest absolute Gasteiger partial charge is 0.141 e. The van der Waals surface area contributed by atoms with Crippen LogP contribution < -0.4 is 5.32 Å². The van der Waals surface area contributed by atoms with Crippen molar-refractivity contribution in [1.29, 1.82) is 0 Å². The second-order valence-electron chi connectivity index (χ2n) is 5.84. The van der Waals surface area contributed by atoms with Crippen molar-refractivity contribution in [1.82, 2.24) is 25.2 Å². The summed E-state index contributed by atoms with van der Waals surface area (Å²) in [6.45, 7) is 7.08. The highest BCUT2D eigenvalue weighted by molar-refractivity contribution is 6.30. The Morgan fingerprint density at radius 2 is 2.17 bits per heavy atom. The van der Waals surface area contributed by atoms with E-state index in [1.165, 1.54) is 6.07 Å². The number of halogens is 3. The third kappa shape index (κ3) is 4.20. The lowest BCUT2D eigenvalue weighted by Gasteiger charge is -2.36. The van der Waals surface area contributed by atoms with Crippen LogP contribution in [0.2, 0.25) is 5.02 Å². The molecule has 0 radical (unpaired) electrons. The molecule has 0 aliphatic carbocycles. The molecule has 1 N–H and O–H groups in total. The van der Waals surface area contributed by atoms with Crippen molar-refractivity contribution in [2.24, 2.45) is 0 Å². The lowest BCUT2D eigenvalue weighted by molar-refractivity contribution is 0.137. The topological polar surface area (TPSA) is 46.0 Å². The molecule has 1 aromatic carbocycles. The Hall–Kier alpha value is -1.21. The van der Waals surface area contributed by atoms with E-state index in [0.29, 0.717) is 17.8 Å². The van der Waals surface area contributed by atoms with Crippen molar-refractivity contribution in [2.75, 3.05) is 13.1 Å². The van der Waals surface area contributed by atoms with Crippen molar-refractivity contribution in [3.8, 4) is 5.69 Å². The Bertz CT molecular complexity index is 663. The van der Waals surface area contributed by atoms with Gasteiger partial charge in [0.1, 0.15) is 5.82 Å². The third-order valence-electron chi connectivity index (χ3n) is 3.97. The molecule has 1 fully saturated rings. The standard InChI is InChI=1S/C15H19ClFN5.ClH/c1-10-7-21(11(2)6-18-10)8-12-9-22(20-19-12)13-3-4-15(17)14(16)5-13;/h3-5,9-11,18H,6-8H2,1-2H3;1H. The number of nitrogens with zero attached hydrogens (tertiary/aromatic N) is 4. The normalized spacial score (nSPS) is 21.9. The van der Waals surface area contributed by atoms with Crippen LogP contribution in [0.15, 0.2) is 24.4 Å². The van der Waals surface area contributed by atoms with Crippen LogP contribution in [0.25, 0.3) is 5.69 Å². The molecule has 0 saturated carbocycles. The average molecular weight is 360 g/mol. The summed E-state index contributed by atoms with van der Waals surface area (Å²) in [5.74, 6) is -0.436. The minimum absolute atomic E-state index is 0. The minimum Gasteiger partial charge on any atom is -0.311 e. The summed E-state index contributed by atoms with van der Waals surface area (Å²) < 4.78 is 14.8. The van der Waals surface area contributed by atoms with E-state index in [2.05, 4.69) is 34.4 Å². The van der Waals surface area contributed by atoms with E-state index in [0.717, 1.165) is 25.3 Å². The van der Waals surface area contributed by atoms with Crippen molar-refractivity contribution in [3.63, 3.8) is 0 Å². The zero-order valence-corrected chi connectivity index (χ0v) is 14.6. The number of aromatic nitrogens is 3. The van der Waals surface area contributed by atoms with E-state index in [9.17, 15) is 4.39 Å². The Kier molecular flexibility index (Phi) is 5.97. The number of hydrogen-bond donors (Lipinski definition) is 1. The molecule has 2 unspecified atom stereocenters. The quantitative estimate of drug-likeness (QED) is 0.914. The maximum Gasteiger partial charge on any atom is 0.141 e. The highest BCUT2D eigenvalue weighted by atomic mass is 35.5. The fourth-order valence-electron chi connectivity index (χ4n) is 2.65. The lowest BCUT2D eigenvalue weighted by Crippen LogP contribution is -2.53. The maximum absolute atomic E-state index is 13.2. The molecule has 1 aliphatic rings. The monoisotopic (exact) mass is 359 g/mol. The van der Waals surface area contributed by atoms with Crippen LogP contribution in [-0.4, -0.2) is 45.1 Å². The summed E-state index contributed by atoms with van der Waals surface area (Å²) in [4.78, 5) is 2.38. The van der Waals surface area contributed by atoms with Gasteiger partial charge in [0.15, 0.2) is 0 Å². The van der Waals surface area contributed by atoms with E-state index < -0.39 is 5.82 Å². The summed E-state index contributed by atoms with van der Waals surface area (Å²) in [7, 11) is 0. The van der Waals surface area contributed by atoms with Crippen LogP contribution in [0.4, 0.5) is 4.39 Å². The molecule has 23 heavy (non-hydrogen) atoms. The number of piperazine rings is 1. The molecule has 2 heterocycles. The largest absolute Gasteiger partial charge is 0.311 e. The summed E-state index contributed by atoms with van der Waals surface area (Å²) in [5.41, 5.74) is 1.59. The van der Waals surface area contributed by atoms with Crippen molar-refractivity contribution in [3.05, 3.63) is 40.9 Å². The second kappa shape index (κ2) is 7.57. The van der Waals surface area contributed by atoms with E-state index in [4.69, 9.17) is 11.6 Å². The maximum atomic E-state index is 13.2. The number of rotatable bonds is 3. The van der Waals surface area contributed by atoms with Gasteiger partial charge in [-0.1, -0.05) is 16.8 Å². The Morgan fingerprint density at radius 1 is 1.39 bits per heavy atom. The van der Waals surface area contributed by atoms with Gasteiger partial charge in [0.25, 0.3) is 0 Å². The van der Waals surface area contributed by atoms with Gasteiger partial charge in [-0.25, -0.2) is 9.07 Å². The molecule has 2 aromatic rings. The molecule has 5 nitrogen and oxygen atoms in total. The lowest BCUT2D eigenvalue weighted by atomic mass is 10.1. The molecular formula is C15H20Cl2FN5. The minimum atomic E-state index is -0.436. The van der Waals surface area contributed by atoms with Crippen LogP contribution in [-0.2, 0) is 6.54 Å². The molecule has 8 heteroatoms. The first kappa shape index (κ1) is 18.1. The van der Waals surface area contributed by atoms with Gasteiger partial charge in [-0.3, -0.25) is 4.90 Å². The van der Waals surface area contributed by atoms with Crippen LogP contribution >= 0.6 is 24.0 Å². The third-order valence-corrected chi connectivity index (χ3v) is 4.26. The molecule has 0 bridgehead atoms. The summed E-state index contributed by atoms with van der Waals surface area (Å²) in [5, 5.41) is 11.9. The van der Waals surface area contributed by atoms with Crippen molar-refractivity contribution >= 4 is 24.0 Å². The Morgan fingerprint density at radius 3 is 2.91 bits per heavy atom. The predicted molar refractivity (Wildman–Crippen MR) is 90.9 cm³/mol.